The lowest BCUT2D eigenvalue weighted by atomic mass is 10.3. The van der Waals surface area contributed by atoms with E-state index in [1.165, 1.54) is 18.4 Å². The molecular weight excluding hydrogens is 162 g/mol. The lowest BCUT2D eigenvalue weighted by Gasteiger charge is -2.00. The van der Waals surface area contributed by atoms with Gasteiger partial charge in [0.05, 0.1) is 6.20 Å². The Bertz CT molecular complexity index is 230. The molecule has 0 saturated carbocycles. The van der Waals surface area contributed by atoms with Gasteiger partial charge in [-0.1, -0.05) is 13.3 Å². The molecule has 13 heavy (non-hydrogen) atoms. The number of nitrogens with one attached hydrogen (secondary N) is 1. The Labute approximate surface area is 80.1 Å². The first-order chi connectivity index (χ1) is 6.36. The van der Waals surface area contributed by atoms with Gasteiger partial charge in [0.2, 0.25) is 0 Å². The van der Waals surface area contributed by atoms with Crippen molar-refractivity contribution in [2.75, 3.05) is 6.54 Å². The van der Waals surface area contributed by atoms with Gasteiger partial charge in [-0.3, -0.25) is 4.68 Å². The average molecular weight is 181 g/mol. The minimum atomic E-state index is 0.944. The summed E-state index contributed by atoms with van der Waals surface area (Å²) < 4.78 is 1.96. The Morgan fingerprint density at radius 1 is 1.46 bits per heavy atom. The molecule has 0 unspecified atom stereocenters. The molecule has 1 N–H and O–H groups in total. The minimum absolute atomic E-state index is 0.944. The molecule has 0 spiro atoms. The van der Waals surface area contributed by atoms with E-state index in [1.54, 1.807) is 0 Å². The van der Waals surface area contributed by atoms with Crippen LogP contribution in [0.15, 0.2) is 12.4 Å². The van der Waals surface area contributed by atoms with E-state index in [2.05, 4.69) is 30.5 Å². The highest BCUT2D eigenvalue weighted by molar-refractivity contribution is 5.02. The van der Waals surface area contributed by atoms with Crippen molar-refractivity contribution < 1.29 is 0 Å². The second kappa shape index (κ2) is 5.75. The van der Waals surface area contributed by atoms with Crippen LogP contribution in [0.4, 0.5) is 0 Å². The fourth-order valence-corrected chi connectivity index (χ4v) is 1.21. The number of aryl methyl sites for hydroxylation is 1. The average Bonchev–Trinajstić information content (AvgIpc) is 2.60. The van der Waals surface area contributed by atoms with Gasteiger partial charge in [-0.25, -0.2) is 0 Å². The lowest BCUT2D eigenvalue weighted by Crippen LogP contribution is -2.13. The molecule has 0 atom stereocenters. The van der Waals surface area contributed by atoms with Gasteiger partial charge in [0.15, 0.2) is 0 Å². The molecule has 0 radical (unpaired) electrons. The number of hydrogen-bond acceptors (Lipinski definition) is 2. The fraction of sp³-hybridized carbons (Fsp3) is 0.700. The van der Waals surface area contributed by atoms with Crippen LogP contribution in [0.1, 0.15) is 32.3 Å². The summed E-state index contributed by atoms with van der Waals surface area (Å²) in [5.74, 6) is 0. The summed E-state index contributed by atoms with van der Waals surface area (Å²) >= 11 is 0. The van der Waals surface area contributed by atoms with Crippen LogP contribution < -0.4 is 5.32 Å². The van der Waals surface area contributed by atoms with Gasteiger partial charge in [0.25, 0.3) is 0 Å². The third-order valence-corrected chi connectivity index (χ3v) is 2.05. The van der Waals surface area contributed by atoms with Crippen molar-refractivity contribution in [1.82, 2.24) is 15.1 Å². The van der Waals surface area contributed by atoms with Gasteiger partial charge >= 0.3 is 0 Å². The second-order valence-electron chi connectivity index (χ2n) is 3.23. The smallest absolute Gasteiger partial charge is 0.0534 e. The number of nitrogens with zero attached hydrogens (tertiary/aromatic N) is 2. The molecule has 1 aromatic heterocycles. The third kappa shape index (κ3) is 3.59. The van der Waals surface area contributed by atoms with Gasteiger partial charge < -0.3 is 5.32 Å². The molecule has 1 aromatic rings. The maximum absolute atomic E-state index is 4.21. The highest BCUT2D eigenvalue weighted by atomic mass is 15.3. The van der Waals surface area contributed by atoms with Crippen LogP contribution in [0.5, 0.6) is 0 Å². The van der Waals surface area contributed by atoms with E-state index in [9.17, 15) is 0 Å². The van der Waals surface area contributed by atoms with E-state index in [4.69, 9.17) is 0 Å². The molecule has 3 nitrogen and oxygen atoms in total. The number of hydrogen-bond donors (Lipinski definition) is 1. The summed E-state index contributed by atoms with van der Waals surface area (Å²) in [7, 11) is 0. The van der Waals surface area contributed by atoms with Gasteiger partial charge in [-0.05, 0) is 19.9 Å². The standard InChI is InChI=1S/C10H19N3/c1-3-5-6-11-7-10-8-12-13(4-2)9-10/h8-9,11H,3-7H2,1-2H3. The van der Waals surface area contributed by atoms with E-state index in [-0.39, 0.29) is 0 Å². The van der Waals surface area contributed by atoms with E-state index in [0.717, 1.165) is 19.6 Å². The third-order valence-electron chi connectivity index (χ3n) is 2.05. The summed E-state index contributed by atoms with van der Waals surface area (Å²) in [6, 6.07) is 0. The van der Waals surface area contributed by atoms with Crippen molar-refractivity contribution in [2.45, 2.75) is 39.8 Å². The molecule has 1 rings (SSSR count). The first-order valence-electron chi connectivity index (χ1n) is 5.08. The summed E-state index contributed by atoms with van der Waals surface area (Å²) in [6.45, 7) is 7.31. The molecule has 0 aliphatic carbocycles. The summed E-state index contributed by atoms with van der Waals surface area (Å²) in [4.78, 5) is 0. The minimum Gasteiger partial charge on any atom is -0.313 e. The number of rotatable bonds is 6. The summed E-state index contributed by atoms with van der Waals surface area (Å²) in [5.41, 5.74) is 1.28. The zero-order valence-electron chi connectivity index (χ0n) is 8.58. The Kier molecular flexibility index (Phi) is 4.54. The van der Waals surface area contributed by atoms with Crippen molar-refractivity contribution in [3.8, 4) is 0 Å². The van der Waals surface area contributed by atoms with Gasteiger partial charge in [-0.2, -0.15) is 5.10 Å². The van der Waals surface area contributed by atoms with Crippen molar-refractivity contribution in [3.05, 3.63) is 18.0 Å². The molecule has 0 fully saturated rings. The summed E-state index contributed by atoms with van der Waals surface area (Å²) in [6.07, 6.45) is 6.53. The quantitative estimate of drug-likeness (QED) is 0.678. The first kappa shape index (κ1) is 10.3. The molecule has 74 valence electrons. The van der Waals surface area contributed by atoms with Crippen molar-refractivity contribution in [2.24, 2.45) is 0 Å². The van der Waals surface area contributed by atoms with E-state index < -0.39 is 0 Å². The van der Waals surface area contributed by atoms with Gasteiger partial charge in [0.1, 0.15) is 0 Å². The zero-order valence-corrected chi connectivity index (χ0v) is 8.58. The van der Waals surface area contributed by atoms with Crippen LogP contribution in [0.3, 0.4) is 0 Å². The molecular formula is C10H19N3. The Morgan fingerprint density at radius 2 is 2.31 bits per heavy atom. The molecule has 0 aliphatic rings. The fourth-order valence-electron chi connectivity index (χ4n) is 1.21. The summed E-state index contributed by atoms with van der Waals surface area (Å²) in [5, 5.41) is 7.60. The largest absolute Gasteiger partial charge is 0.313 e. The predicted molar refractivity (Wildman–Crippen MR) is 54.5 cm³/mol. The van der Waals surface area contributed by atoms with Crippen LogP contribution in [0.2, 0.25) is 0 Å². The molecule has 1 heterocycles. The molecule has 3 heteroatoms. The van der Waals surface area contributed by atoms with Crippen LogP contribution in [0.25, 0.3) is 0 Å². The van der Waals surface area contributed by atoms with Crippen molar-refractivity contribution in [3.63, 3.8) is 0 Å². The molecule has 0 aliphatic heterocycles. The SMILES string of the molecule is CCCCNCc1cnn(CC)c1. The van der Waals surface area contributed by atoms with Crippen molar-refractivity contribution >= 4 is 0 Å². The van der Waals surface area contributed by atoms with E-state index in [1.807, 2.05) is 10.9 Å². The zero-order chi connectivity index (χ0) is 9.52. The van der Waals surface area contributed by atoms with Crippen LogP contribution >= 0.6 is 0 Å². The maximum atomic E-state index is 4.21. The number of aromatic nitrogens is 2. The Morgan fingerprint density at radius 3 is 2.92 bits per heavy atom. The molecule has 0 bridgehead atoms. The highest BCUT2D eigenvalue weighted by Gasteiger charge is 1.95. The van der Waals surface area contributed by atoms with Crippen molar-refractivity contribution in [1.29, 1.82) is 0 Å². The van der Waals surface area contributed by atoms with Crippen LogP contribution in [-0.4, -0.2) is 16.3 Å². The second-order valence-corrected chi connectivity index (χ2v) is 3.23. The lowest BCUT2D eigenvalue weighted by molar-refractivity contribution is 0.637. The maximum Gasteiger partial charge on any atom is 0.0534 e. The van der Waals surface area contributed by atoms with Crippen LogP contribution in [0, 0.1) is 0 Å². The Hall–Kier alpha value is -0.830. The van der Waals surface area contributed by atoms with Crippen LogP contribution in [-0.2, 0) is 13.1 Å². The molecule has 0 amide bonds. The topological polar surface area (TPSA) is 29.9 Å². The van der Waals surface area contributed by atoms with Gasteiger partial charge in [-0.15, -0.1) is 0 Å². The Balaban J connectivity index is 2.20. The monoisotopic (exact) mass is 181 g/mol. The van der Waals surface area contributed by atoms with E-state index in [0.29, 0.717) is 0 Å². The van der Waals surface area contributed by atoms with E-state index >= 15 is 0 Å². The van der Waals surface area contributed by atoms with Gasteiger partial charge in [0, 0.05) is 24.8 Å². The normalized spacial score (nSPS) is 10.6. The highest BCUT2D eigenvalue weighted by Crippen LogP contribution is 1.96. The molecule has 0 saturated heterocycles. The first-order valence-corrected chi connectivity index (χ1v) is 5.08. The predicted octanol–water partition coefficient (Wildman–Crippen LogP) is 1.79. The number of unbranched alkanes of at least 4 members (excludes halogenated alkanes) is 1. The molecule has 0 aromatic carbocycles.